The molecule has 0 spiro atoms. The topological polar surface area (TPSA) is 17.1 Å². The second-order valence-electron chi connectivity index (χ2n) is 3.53. The molecule has 92 valence electrons. The molecule has 0 amide bonds. The Morgan fingerprint density at radius 1 is 0.944 bits per heavy atom. The molecule has 0 bridgehead atoms. The summed E-state index contributed by atoms with van der Waals surface area (Å²) in [5.41, 5.74) is -0.671. The summed E-state index contributed by atoms with van der Waals surface area (Å²) < 4.78 is 27.0. The molecule has 0 N–H and O–H groups in total. The van der Waals surface area contributed by atoms with E-state index in [1.54, 1.807) is 0 Å². The normalized spacial score (nSPS) is 10.4. The molecule has 0 radical (unpaired) electrons. The van der Waals surface area contributed by atoms with Crippen LogP contribution < -0.4 is 0 Å². The molecule has 0 aliphatic rings. The van der Waals surface area contributed by atoms with Crippen molar-refractivity contribution in [3.63, 3.8) is 0 Å². The van der Waals surface area contributed by atoms with Crippen molar-refractivity contribution in [2.45, 2.75) is 0 Å². The molecule has 18 heavy (non-hydrogen) atoms. The van der Waals surface area contributed by atoms with Crippen LogP contribution in [0.1, 0.15) is 15.9 Å². The summed E-state index contributed by atoms with van der Waals surface area (Å²) in [4.78, 5) is 12.0. The number of hydrogen-bond acceptors (Lipinski definition) is 1. The second kappa shape index (κ2) is 5.04. The fourth-order valence-electron chi connectivity index (χ4n) is 1.53. The Labute approximate surface area is 112 Å². The van der Waals surface area contributed by atoms with Crippen molar-refractivity contribution >= 4 is 29.0 Å². The standard InChI is InChI=1S/C13H6Cl2F2O/c14-8-4-1-3-7(12(8)15)13(18)11-9(16)5-2-6-10(11)17/h1-6H. The van der Waals surface area contributed by atoms with E-state index in [0.29, 0.717) is 0 Å². The van der Waals surface area contributed by atoms with Gasteiger partial charge >= 0.3 is 0 Å². The molecular formula is C13H6Cl2F2O. The van der Waals surface area contributed by atoms with Crippen molar-refractivity contribution in [3.8, 4) is 0 Å². The van der Waals surface area contributed by atoms with Gasteiger partial charge in [-0.1, -0.05) is 35.3 Å². The van der Waals surface area contributed by atoms with E-state index in [1.807, 2.05) is 0 Å². The molecule has 0 aliphatic carbocycles. The molecule has 0 heterocycles. The SMILES string of the molecule is O=C(c1cccc(Cl)c1Cl)c1c(F)cccc1F. The van der Waals surface area contributed by atoms with E-state index in [1.165, 1.54) is 24.3 Å². The lowest BCUT2D eigenvalue weighted by Crippen LogP contribution is -2.08. The molecule has 0 saturated heterocycles. The summed E-state index contributed by atoms with van der Waals surface area (Å²) in [6.07, 6.45) is 0. The highest BCUT2D eigenvalue weighted by Crippen LogP contribution is 2.28. The van der Waals surface area contributed by atoms with Crippen LogP contribution in [0.4, 0.5) is 8.78 Å². The quantitative estimate of drug-likeness (QED) is 0.743. The number of rotatable bonds is 2. The third-order valence-corrected chi connectivity index (χ3v) is 3.20. The number of hydrogen-bond donors (Lipinski definition) is 0. The maximum absolute atomic E-state index is 13.5. The van der Waals surface area contributed by atoms with Gasteiger partial charge in [0, 0.05) is 5.56 Å². The van der Waals surface area contributed by atoms with Crippen molar-refractivity contribution in [2.24, 2.45) is 0 Å². The molecule has 2 aromatic carbocycles. The summed E-state index contributed by atoms with van der Waals surface area (Å²) in [5.74, 6) is -2.70. The molecule has 5 heteroatoms. The maximum atomic E-state index is 13.5. The number of benzene rings is 2. The molecule has 2 aromatic rings. The van der Waals surface area contributed by atoms with Gasteiger partial charge in [-0.2, -0.15) is 0 Å². The van der Waals surface area contributed by atoms with Crippen LogP contribution in [-0.4, -0.2) is 5.78 Å². The van der Waals surface area contributed by atoms with E-state index in [-0.39, 0.29) is 15.6 Å². The molecule has 0 aromatic heterocycles. The predicted octanol–water partition coefficient (Wildman–Crippen LogP) is 4.50. The summed E-state index contributed by atoms with van der Waals surface area (Å²) in [7, 11) is 0. The van der Waals surface area contributed by atoms with E-state index in [0.717, 1.165) is 12.1 Å². The van der Waals surface area contributed by atoms with Crippen molar-refractivity contribution in [1.29, 1.82) is 0 Å². The van der Waals surface area contributed by atoms with Gasteiger partial charge in [0.25, 0.3) is 0 Å². The van der Waals surface area contributed by atoms with Gasteiger partial charge in [0.15, 0.2) is 5.78 Å². The first-order chi connectivity index (χ1) is 8.52. The van der Waals surface area contributed by atoms with Crippen LogP contribution in [0, 0.1) is 11.6 Å². The van der Waals surface area contributed by atoms with Crippen molar-refractivity contribution < 1.29 is 13.6 Å². The fourth-order valence-corrected chi connectivity index (χ4v) is 1.91. The lowest BCUT2D eigenvalue weighted by Gasteiger charge is -2.06. The van der Waals surface area contributed by atoms with E-state index in [2.05, 4.69) is 0 Å². The van der Waals surface area contributed by atoms with Crippen molar-refractivity contribution in [2.75, 3.05) is 0 Å². The van der Waals surface area contributed by atoms with Crippen LogP contribution in [0.5, 0.6) is 0 Å². The van der Waals surface area contributed by atoms with Gasteiger partial charge in [-0.05, 0) is 24.3 Å². The smallest absolute Gasteiger partial charge is 0.200 e. The van der Waals surface area contributed by atoms with Gasteiger partial charge in [-0.3, -0.25) is 4.79 Å². The summed E-state index contributed by atoms with van der Waals surface area (Å²) in [6.45, 7) is 0. The van der Waals surface area contributed by atoms with Gasteiger partial charge < -0.3 is 0 Å². The van der Waals surface area contributed by atoms with Crippen LogP contribution in [0.3, 0.4) is 0 Å². The molecule has 1 nitrogen and oxygen atoms in total. The van der Waals surface area contributed by atoms with E-state index in [4.69, 9.17) is 23.2 Å². The maximum Gasteiger partial charge on any atom is 0.200 e. The molecular weight excluding hydrogens is 281 g/mol. The van der Waals surface area contributed by atoms with Gasteiger partial charge in [0.2, 0.25) is 0 Å². The molecule has 0 unspecified atom stereocenters. The summed E-state index contributed by atoms with van der Waals surface area (Å²) in [5, 5.41) is 0.131. The number of carbonyl (C=O) groups excluding carboxylic acids is 1. The lowest BCUT2D eigenvalue weighted by atomic mass is 10.0. The van der Waals surface area contributed by atoms with E-state index >= 15 is 0 Å². The number of ketones is 1. The summed E-state index contributed by atoms with van der Waals surface area (Å²) in [6, 6.07) is 7.53. The highest BCUT2D eigenvalue weighted by molar-refractivity contribution is 6.44. The molecule has 0 atom stereocenters. The average molecular weight is 287 g/mol. The Morgan fingerprint density at radius 3 is 2.11 bits per heavy atom. The van der Waals surface area contributed by atoms with Crippen molar-refractivity contribution in [3.05, 3.63) is 69.2 Å². The molecule has 0 aliphatic heterocycles. The minimum absolute atomic E-state index is 0.0215. The van der Waals surface area contributed by atoms with Gasteiger partial charge in [0.05, 0.1) is 15.6 Å². The zero-order valence-corrected chi connectivity index (χ0v) is 10.4. The number of carbonyl (C=O) groups is 1. The zero-order chi connectivity index (χ0) is 13.3. The highest BCUT2D eigenvalue weighted by atomic mass is 35.5. The Hall–Kier alpha value is -1.45. The van der Waals surface area contributed by atoms with Crippen LogP contribution in [0.15, 0.2) is 36.4 Å². The first-order valence-corrected chi connectivity index (χ1v) is 5.70. The van der Waals surface area contributed by atoms with Gasteiger partial charge in [-0.15, -0.1) is 0 Å². The second-order valence-corrected chi connectivity index (χ2v) is 4.31. The number of halogens is 4. The minimum atomic E-state index is -0.934. The highest BCUT2D eigenvalue weighted by Gasteiger charge is 2.21. The minimum Gasteiger partial charge on any atom is -0.288 e. The van der Waals surface area contributed by atoms with E-state index < -0.39 is 23.0 Å². The molecule has 2 rings (SSSR count). The third-order valence-electron chi connectivity index (χ3n) is 2.39. The van der Waals surface area contributed by atoms with E-state index in [9.17, 15) is 13.6 Å². The van der Waals surface area contributed by atoms with Gasteiger partial charge in [0.1, 0.15) is 11.6 Å². The average Bonchev–Trinajstić information content (AvgIpc) is 2.32. The first-order valence-electron chi connectivity index (χ1n) is 4.95. The lowest BCUT2D eigenvalue weighted by molar-refractivity contribution is 0.103. The zero-order valence-electron chi connectivity index (χ0n) is 8.88. The fraction of sp³-hybridized carbons (Fsp3) is 0. The van der Waals surface area contributed by atoms with Crippen LogP contribution in [0.2, 0.25) is 10.0 Å². The third kappa shape index (κ3) is 2.24. The molecule has 0 saturated carbocycles. The van der Waals surface area contributed by atoms with Crippen molar-refractivity contribution in [1.82, 2.24) is 0 Å². The summed E-state index contributed by atoms with van der Waals surface area (Å²) >= 11 is 11.6. The Kier molecular flexibility index (Phi) is 3.64. The van der Waals surface area contributed by atoms with Crippen LogP contribution >= 0.6 is 23.2 Å². The van der Waals surface area contributed by atoms with Crippen LogP contribution in [0.25, 0.3) is 0 Å². The largest absolute Gasteiger partial charge is 0.288 e. The van der Waals surface area contributed by atoms with Crippen LogP contribution in [-0.2, 0) is 0 Å². The van der Waals surface area contributed by atoms with Gasteiger partial charge in [-0.25, -0.2) is 8.78 Å². The predicted molar refractivity (Wildman–Crippen MR) is 66.3 cm³/mol. The Bertz CT molecular complexity index is 606. The first kappa shape index (κ1) is 13.0. The molecule has 0 fully saturated rings. The Balaban J connectivity index is 2.59. The monoisotopic (exact) mass is 286 g/mol. The Morgan fingerprint density at radius 2 is 1.50 bits per heavy atom.